The van der Waals surface area contributed by atoms with Gasteiger partial charge in [0.1, 0.15) is 0 Å². The first-order valence-electron chi connectivity index (χ1n) is 6.11. The summed E-state index contributed by atoms with van der Waals surface area (Å²) in [6.07, 6.45) is 3.87. The van der Waals surface area contributed by atoms with Gasteiger partial charge in [0.25, 0.3) is 0 Å². The second-order valence-corrected chi connectivity index (χ2v) is 4.61. The van der Waals surface area contributed by atoms with Crippen molar-refractivity contribution in [2.45, 2.75) is 32.6 Å². The smallest absolute Gasteiger partial charge is 0.309 e. The Kier molecular flexibility index (Phi) is 5.53. The molecule has 92 valence electrons. The molecule has 1 aliphatic rings. The van der Waals surface area contributed by atoms with Gasteiger partial charge in [0, 0.05) is 6.54 Å². The van der Waals surface area contributed by atoms with Gasteiger partial charge in [-0.05, 0) is 38.3 Å². The summed E-state index contributed by atoms with van der Waals surface area (Å²) in [4.78, 5) is 13.6. The van der Waals surface area contributed by atoms with Crippen molar-refractivity contribution < 1.29 is 9.53 Å². The number of hydrogen-bond donors (Lipinski definition) is 0. The Balaban J connectivity index is 2.30. The molecule has 1 unspecified atom stereocenters. The summed E-state index contributed by atoms with van der Waals surface area (Å²) in [5.74, 6) is 0.499. The Morgan fingerprint density at radius 3 is 2.94 bits per heavy atom. The summed E-state index contributed by atoms with van der Waals surface area (Å²) in [6.45, 7) is 9.66. The number of hydrogen-bond acceptors (Lipinski definition) is 3. The Morgan fingerprint density at radius 1 is 1.56 bits per heavy atom. The normalized spacial score (nSPS) is 21.8. The van der Waals surface area contributed by atoms with E-state index < -0.39 is 0 Å². The molecule has 1 saturated heterocycles. The van der Waals surface area contributed by atoms with Crippen molar-refractivity contribution in [1.82, 2.24) is 4.90 Å². The maximum absolute atomic E-state index is 11.1. The van der Waals surface area contributed by atoms with Gasteiger partial charge in [-0.25, -0.2) is 0 Å². The molecule has 3 nitrogen and oxygen atoms in total. The van der Waals surface area contributed by atoms with Crippen molar-refractivity contribution in [3.8, 4) is 0 Å². The van der Waals surface area contributed by atoms with Crippen LogP contribution in [0.25, 0.3) is 0 Å². The number of carbonyl (C=O) groups excluding carboxylic acids is 1. The van der Waals surface area contributed by atoms with Crippen LogP contribution in [0.2, 0.25) is 0 Å². The highest BCUT2D eigenvalue weighted by Gasteiger charge is 2.19. The van der Waals surface area contributed by atoms with Crippen LogP contribution in [-0.4, -0.2) is 37.6 Å². The first-order valence-corrected chi connectivity index (χ1v) is 6.11. The molecule has 0 aromatic rings. The largest absolute Gasteiger partial charge is 0.469 e. The van der Waals surface area contributed by atoms with E-state index in [2.05, 4.69) is 23.1 Å². The maximum Gasteiger partial charge on any atom is 0.309 e. The molecule has 0 saturated carbocycles. The lowest BCUT2D eigenvalue weighted by atomic mass is 9.91. The van der Waals surface area contributed by atoms with E-state index in [0.717, 1.165) is 25.1 Å². The minimum absolute atomic E-state index is 0.173. The average molecular weight is 225 g/mol. The molecule has 1 heterocycles. The number of piperidine rings is 1. The topological polar surface area (TPSA) is 29.5 Å². The molecular weight excluding hydrogens is 202 g/mol. The van der Waals surface area contributed by atoms with Crippen molar-refractivity contribution in [2.75, 3.05) is 26.7 Å². The number of ether oxygens (including phenoxy) is 1. The van der Waals surface area contributed by atoms with Gasteiger partial charge >= 0.3 is 5.97 Å². The van der Waals surface area contributed by atoms with Gasteiger partial charge < -0.3 is 9.64 Å². The lowest BCUT2D eigenvalue weighted by molar-refractivity contribution is -0.139. The van der Waals surface area contributed by atoms with Crippen LogP contribution in [0.1, 0.15) is 32.6 Å². The summed E-state index contributed by atoms with van der Waals surface area (Å²) in [5, 5.41) is 0. The lowest BCUT2D eigenvalue weighted by Crippen LogP contribution is -2.35. The third kappa shape index (κ3) is 4.35. The van der Waals surface area contributed by atoms with Gasteiger partial charge in [-0.2, -0.15) is 0 Å². The van der Waals surface area contributed by atoms with E-state index in [1.807, 2.05) is 0 Å². The van der Waals surface area contributed by atoms with Gasteiger partial charge in [0.15, 0.2) is 0 Å². The summed E-state index contributed by atoms with van der Waals surface area (Å²) < 4.78 is 4.64. The van der Waals surface area contributed by atoms with E-state index in [-0.39, 0.29) is 5.97 Å². The number of esters is 1. The van der Waals surface area contributed by atoms with Crippen molar-refractivity contribution in [3.63, 3.8) is 0 Å². The highest BCUT2D eigenvalue weighted by atomic mass is 16.5. The molecule has 0 aromatic carbocycles. The third-order valence-corrected chi connectivity index (χ3v) is 3.25. The zero-order valence-electron chi connectivity index (χ0n) is 10.5. The number of rotatable bonds is 5. The van der Waals surface area contributed by atoms with Gasteiger partial charge in [-0.1, -0.05) is 19.1 Å². The minimum Gasteiger partial charge on any atom is -0.469 e. The highest BCUT2D eigenvalue weighted by molar-refractivity contribution is 5.72. The molecule has 16 heavy (non-hydrogen) atoms. The molecule has 0 N–H and O–H groups in total. The highest BCUT2D eigenvalue weighted by Crippen LogP contribution is 2.23. The van der Waals surface area contributed by atoms with Gasteiger partial charge in [-0.3, -0.25) is 4.79 Å². The lowest BCUT2D eigenvalue weighted by Gasteiger charge is -2.32. The van der Waals surface area contributed by atoms with Crippen LogP contribution >= 0.6 is 0 Å². The van der Waals surface area contributed by atoms with Crippen LogP contribution in [0.3, 0.4) is 0 Å². The summed E-state index contributed by atoms with van der Waals surface area (Å²) in [7, 11) is 1.43. The van der Waals surface area contributed by atoms with Crippen molar-refractivity contribution in [2.24, 2.45) is 5.92 Å². The summed E-state index contributed by atoms with van der Waals surface area (Å²) in [6, 6.07) is 0. The molecule has 0 radical (unpaired) electrons. The zero-order valence-corrected chi connectivity index (χ0v) is 10.5. The summed E-state index contributed by atoms with van der Waals surface area (Å²) >= 11 is 0. The van der Waals surface area contributed by atoms with Crippen molar-refractivity contribution in [3.05, 3.63) is 12.2 Å². The molecule has 0 aliphatic carbocycles. The number of nitrogens with zero attached hydrogens (tertiary/aromatic N) is 1. The monoisotopic (exact) mass is 225 g/mol. The van der Waals surface area contributed by atoms with Crippen LogP contribution in [0.5, 0.6) is 0 Å². The molecule has 1 aliphatic heterocycles. The molecule has 0 aromatic heterocycles. The second-order valence-electron chi connectivity index (χ2n) is 4.61. The van der Waals surface area contributed by atoms with E-state index in [9.17, 15) is 4.79 Å². The molecule has 0 bridgehead atoms. The fourth-order valence-corrected chi connectivity index (χ4v) is 2.36. The van der Waals surface area contributed by atoms with Gasteiger partial charge in [0.2, 0.25) is 0 Å². The summed E-state index contributed by atoms with van der Waals surface area (Å²) in [5.41, 5.74) is 1.01. The van der Waals surface area contributed by atoms with E-state index in [1.54, 1.807) is 0 Å². The first kappa shape index (κ1) is 13.2. The average Bonchev–Trinajstić information content (AvgIpc) is 2.28. The Morgan fingerprint density at radius 2 is 2.31 bits per heavy atom. The minimum atomic E-state index is -0.173. The predicted octanol–water partition coefficient (Wildman–Crippen LogP) is 2.23. The number of carbonyl (C=O) groups is 1. The second kappa shape index (κ2) is 6.69. The standard InChI is InChI=1S/C13H23NO2/c1-4-14-7-5-6-12(10-14)8-11(2)9-13(15)16-3/h12H,2,4-10H2,1,3H3. The quantitative estimate of drug-likeness (QED) is 0.531. The molecule has 1 atom stereocenters. The fourth-order valence-electron chi connectivity index (χ4n) is 2.36. The van der Waals surface area contributed by atoms with Crippen molar-refractivity contribution in [1.29, 1.82) is 0 Å². The SMILES string of the molecule is C=C(CC(=O)OC)CC1CCCN(CC)C1. The van der Waals surface area contributed by atoms with E-state index in [0.29, 0.717) is 12.3 Å². The number of likely N-dealkylation sites (tertiary alicyclic amines) is 1. The third-order valence-electron chi connectivity index (χ3n) is 3.25. The van der Waals surface area contributed by atoms with Crippen LogP contribution in [-0.2, 0) is 9.53 Å². The van der Waals surface area contributed by atoms with Gasteiger partial charge in [-0.15, -0.1) is 0 Å². The molecule has 1 fully saturated rings. The molecule has 1 rings (SSSR count). The predicted molar refractivity (Wildman–Crippen MR) is 65.2 cm³/mol. The molecule has 0 spiro atoms. The van der Waals surface area contributed by atoms with Crippen molar-refractivity contribution >= 4 is 5.97 Å². The molecular formula is C13H23NO2. The molecule has 0 amide bonds. The number of methoxy groups -OCH3 is 1. The molecule has 3 heteroatoms. The van der Waals surface area contributed by atoms with E-state index >= 15 is 0 Å². The Hall–Kier alpha value is -0.830. The van der Waals surface area contributed by atoms with Crippen LogP contribution < -0.4 is 0 Å². The van der Waals surface area contributed by atoms with Crippen LogP contribution in [0.15, 0.2) is 12.2 Å². The van der Waals surface area contributed by atoms with Gasteiger partial charge in [0.05, 0.1) is 13.5 Å². The first-order chi connectivity index (χ1) is 7.65. The Labute approximate surface area is 98.5 Å². The Bertz CT molecular complexity index is 250. The fraction of sp³-hybridized carbons (Fsp3) is 0.769. The maximum atomic E-state index is 11.1. The van der Waals surface area contributed by atoms with Crippen LogP contribution in [0.4, 0.5) is 0 Å². The zero-order chi connectivity index (χ0) is 12.0. The van der Waals surface area contributed by atoms with E-state index in [1.165, 1.54) is 26.5 Å². The van der Waals surface area contributed by atoms with Crippen LogP contribution in [0, 0.1) is 5.92 Å². The van der Waals surface area contributed by atoms with E-state index in [4.69, 9.17) is 0 Å².